The fraction of sp³-hybridized carbons (Fsp3) is 0.500. The maximum Gasteiger partial charge on any atom is 0.466 e. The number of amides is 1. The highest BCUT2D eigenvalue weighted by Gasteiger charge is 2.41. The van der Waals surface area contributed by atoms with Crippen LogP contribution in [0.4, 0.5) is 0 Å². The molecule has 33 heavy (non-hydrogen) atoms. The van der Waals surface area contributed by atoms with E-state index in [4.69, 9.17) is 68.2 Å². The molecule has 1 aromatic heterocycles. The van der Waals surface area contributed by atoms with Gasteiger partial charge in [-0.3, -0.25) is 14.2 Å². The number of aliphatic hydroxyl groups is 2. The highest BCUT2D eigenvalue weighted by Crippen LogP contribution is 2.28. The zero-order valence-corrected chi connectivity index (χ0v) is 18.8. The van der Waals surface area contributed by atoms with Gasteiger partial charge in [0.05, 0.1) is 6.10 Å². The average Bonchev–Trinajstić information content (AvgIpc) is 2.77. The number of hydrogen-bond acceptors (Lipinski definition) is 9. The first kappa shape index (κ1) is 33.7. The van der Waals surface area contributed by atoms with Gasteiger partial charge in [-0.25, -0.2) is 18.7 Å². The lowest BCUT2D eigenvalue weighted by Crippen LogP contribution is -2.37. The molecule has 20 nitrogen and oxygen atoms in total. The van der Waals surface area contributed by atoms with E-state index in [2.05, 4.69) is 4.98 Å². The lowest BCUT2D eigenvalue weighted by Gasteiger charge is -2.17. The number of carbonyl (C=O) groups excluding carboxylic acids is 1. The van der Waals surface area contributed by atoms with Crippen LogP contribution in [0, 0.1) is 0 Å². The Bertz CT molecular complexity index is 893. The Labute approximate surface area is 182 Å². The second-order valence-corrected chi connectivity index (χ2v) is 8.68. The molecule has 2 heterocycles. The lowest BCUT2D eigenvalue weighted by atomic mass is 10.1. The smallest absolute Gasteiger partial charge is 0.388 e. The fourth-order valence-electron chi connectivity index (χ4n) is 1.85. The molecule has 194 valence electrons. The highest BCUT2D eigenvalue weighted by atomic mass is 31.2. The van der Waals surface area contributed by atoms with Gasteiger partial charge in [-0.2, -0.15) is 0 Å². The third-order valence-electron chi connectivity index (χ3n) is 2.85. The van der Waals surface area contributed by atoms with Gasteiger partial charge in [0.1, 0.15) is 12.2 Å². The summed E-state index contributed by atoms with van der Waals surface area (Å²) in [5, 5.41) is 19.3. The molecule has 0 radical (unpaired) electrons. The minimum Gasteiger partial charge on any atom is -0.388 e. The van der Waals surface area contributed by atoms with Gasteiger partial charge < -0.3 is 64.7 Å². The SMILES string of the molecule is C[C@H]1O[C@@H](n2ccnc(C(N)=O)c2=O)[C@H](O)[C@@H]1O.O=P(O)(O)O.O=P(O)(O)O.O=P(O)(O)O. The number of rotatable bonds is 2. The Morgan fingerprint density at radius 1 is 0.939 bits per heavy atom. The largest absolute Gasteiger partial charge is 0.466 e. The Kier molecular flexibility index (Phi) is 13.7. The molecule has 4 atom stereocenters. The molecular formula is C10H22N3O17P3. The first-order valence-electron chi connectivity index (χ1n) is 7.66. The van der Waals surface area contributed by atoms with Gasteiger partial charge in [0.25, 0.3) is 11.5 Å². The predicted molar refractivity (Wildman–Crippen MR) is 101 cm³/mol. The Balaban J connectivity index is 0. The van der Waals surface area contributed by atoms with Gasteiger partial charge in [-0.1, -0.05) is 0 Å². The normalized spacial score (nSPS) is 22.5. The summed E-state index contributed by atoms with van der Waals surface area (Å²) in [6.07, 6.45) is -1.60. The zero-order chi connectivity index (χ0) is 26.9. The second-order valence-electron chi connectivity index (χ2n) is 5.61. The van der Waals surface area contributed by atoms with Crippen molar-refractivity contribution in [2.24, 2.45) is 5.73 Å². The molecule has 0 bridgehead atoms. The van der Waals surface area contributed by atoms with Crippen LogP contribution in [0.2, 0.25) is 0 Å². The van der Waals surface area contributed by atoms with Crippen molar-refractivity contribution in [1.29, 1.82) is 0 Å². The average molecular weight is 549 g/mol. The van der Waals surface area contributed by atoms with E-state index in [1.54, 1.807) is 6.92 Å². The van der Waals surface area contributed by atoms with E-state index in [1.807, 2.05) is 0 Å². The molecule has 0 unspecified atom stereocenters. The summed E-state index contributed by atoms with van der Waals surface area (Å²) in [4.78, 5) is 91.1. The number of phosphoric acid groups is 3. The van der Waals surface area contributed by atoms with E-state index in [0.717, 1.165) is 4.57 Å². The minimum absolute atomic E-state index is 0.442. The summed E-state index contributed by atoms with van der Waals surface area (Å²) in [6.45, 7) is 1.56. The van der Waals surface area contributed by atoms with Gasteiger partial charge in [-0.05, 0) is 6.92 Å². The van der Waals surface area contributed by atoms with E-state index in [9.17, 15) is 19.8 Å². The zero-order valence-electron chi connectivity index (χ0n) is 16.1. The van der Waals surface area contributed by atoms with Crippen molar-refractivity contribution in [3.63, 3.8) is 0 Å². The van der Waals surface area contributed by atoms with Gasteiger partial charge in [-0.15, -0.1) is 0 Å². The third kappa shape index (κ3) is 18.6. The van der Waals surface area contributed by atoms with E-state index < -0.39 is 65.2 Å². The van der Waals surface area contributed by atoms with Crippen molar-refractivity contribution in [1.82, 2.24) is 9.55 Å². The Morgan fingerprint density at radius 2 is 1.30 bits per heavy atom. The van der Waals surface area contributed by atoms with E-state index in [0.29, 0.717) is 0 Å². The van der Waals surface area contributed by atoms with Crippen LogP contribution in [-0.4, -0.2) is 88.0 Å². The molecule has 1 fully saturated rings. The van der Waals surface area contributed by atoms with Crippen LogP contribution in [-0.2, 0) is 18.4 Å². The van der Waals surface area contributed by atoms with Gasteiger partial charge in [0.15, 0.2) is 11.9 Å². The van der Waals surface area contributed by atoms with Gasteiger partial charge in [0, 0.05) is 12.4 Å². The van der Waals surface area contributed by atoms with Crippen molar-refractivity contribution in [3.8, 4) is 0 Å². The van der Waals surface area contributed by atoms with Crippen molar-refractivity contribution < 1.29 is 77.5 Å². The Hall–Kier alpha value is -1.44. The minimum atomic E-state index is -4.64. The van der Waals surface area contributed by atoms with Gasteiger partial charge in [0.2, 0.25) is 0 Å². The van der Waals surface area contributed by atoms with Crippen molar-refractivity contribution in [3.05, 3.63) is 28.4 Å². The summed E-state index contributed by atoms with van der Waals surface area (Å²) in [5.74, 6) is -0.963. The first-order valence-corrected chi connectivity index (χ1v) is 12.4. The van der Waals surface area contributed by atoms with Crippen LogP contribution in [0.1, 0.15) is 23.6 Å². The van der Waals surface area contributed by atoms with Crippen LogP contribution in [0.5, 0.6) is 0 Å². The maximum atomic E-state index is 11.9. The molecule has 1 amide bonds. The molecule has 1 aliphatic heterocycles. The van der Waals surface area contributed by atoms with E-state index in [1.165, 1.54) is 12.4 Å². The number of carbonyl (C=O) groups is 1. The van der Waals surface area contributed by atoms with Gasteiger partial charge >= 0.3 is 23.5 Å². The van der Waals surface area contributed by atoms with Crippen LogP contribution in [0.25, 0.3) is 0 Å². The number of ether oxygens (including phenoxy) is 1. The van der Waals surface area contributed by atoms with Crippen LogP contribution in [0.15, 0.2) is 17.2 Å². The molecule has 23 heteroatoms. The fourth-order valence-corrected chi connectivity index (χ4v) is 1.85. The summed E-state index contributed by atoms with van der Waals surface area (Å²) < 4.78 is 32.9. The number of primary amides is 1. The number of nitrogens with zero attached hydrogens (tertiary/aromatic N) is 2. The highest BCUT2D eigenvalue weighted by molar-refractivity contribution is 7.45. The molecule has 0 aromatic carbocycles. The molecule has 1 saturated heterocycles. The van der Waals surface area contributed by atoms with E-state index in [-0.39, 0.29) is 0 Å². The molecule has 0 spiro atoms. The summed E-state index contributed by atoms with van der Waals surface area (Å²) >= 11 is 0. The summed E-state index contributed by atoms with van der Waals surface area (Å²) in [7, 11) is -13.9. The summed E-state index contributed by atoms with van der Waals surface area (Å²) in [6, 6.07) is 0. The predicted octanol–water partition coefficient (Wildman–Crippen LogP) is -4.80. The molecule has 1 aliphatic rings. The number of nitrogens with two attached hydrogens (primary N) is 1. The quantitative estimate of drug-likeness (QED) is 0.154. The van der Waals surface area contributed by atoms with Crippen LogP contribution < -0.4 is 11.3 Å². The number of hydrogen-bond donors (Lipinski definition) is 12. The molecular weight excluding hydrogens is 527 g/mol. The van der Waals surface area contributed by atoms with E-state index >= 15 is 0 Å². The standard InChI is InChI=1S/C10H13N3O5.3H3O4P/c1-4-6(14)7(15)10(18-4)13-3-2-12-5(8(11)16)9(13)17;3*1-5(2,3)4/h2-4,6-7,10,14-15H,1H3,(H2,11,16);3*(H3,1,2,3,4)/t4-,6-,7-,10-;;;/m1.../s1. The summed E-state index contributed by atoms with van der Waals surface area (Å²) in [5.41, 5.74) is 3.79. The number of aromatic nitrogens is 2. The van der Waals surface area contributed by atoms with Crippen molar-refractivity contribution in [2.45, 2.75) is 31.5 Å². The third-order valence-corrected chi connectivity index (χ3v) is 2.85. The molecule has 13 N–H and O–H groups in total. The van der Waals surface area contributed by atoms with Crippen LogP contribution in [0.3, 0.4) is 0 Å². The van der Waals surface area contributed by atoms with Crippen molar-refractivity contribution >= 4 is 29.4 Å². The topological polar surface area (TPSA) is 361 Å². The lowest BCUT2D eigenvalue weighted by molar-refractivity contribution is -0.0345. The van der Waals surface area contributed by atoms with Crippen molar-refractivity contribution in [2.75, 3.05) is 0 Å². The monoisotopic (exact) mass is 549 g/mol. The second kappa shape index (κ2) is 13.4. The molecule has 1 aromatic rings. The maximum absolute atomic E-state index is 11.9. The molecule has 0 saturated carbocycles. The number of aliphatic hydroxyl groups excluding tert-OH is 2. The van der Waals surface area contributed by atoms with Crippen LogP contribution >= 0.6 is 23.5 Å². The molecule has 0 aliphatic carbocycles. The first-order chi connectivity index (χ1) is 14.4. The molecule has 2 rings (SSSR count). The Morgan fingerprint density at radius 3 is 1.58 bits per heavy atom.